The first kappa shape index (κ1) is 15.2. The number of fused-ring (bicyclic) bond motifs is 3. The average molecular weight is 324 g/mol. The zero-order chi connectivity index (χ0) is 16.4. The number of aromatic nitrogens is 1. The zero-order valence-corrected chi connectivity index (χ0v) is 13.6. The maximum atomic E-state index is 13.6. The number of hydrogen-bond acceptors (Lipinski definition) is 2. The molecule has 0 fully saturated rings. The third-order valence-electron chi connectivity index (χ3n) is 4.66. The number of rotatable bonds is 5. The van der Waals surface area contributed by atoms with Crippen LogP contribution in [-0.2, 0) is 19.5 Å². The summed E-state index contributed by atoms with van der Waals surface area (Å²) >= 11 is 0. The standard InChI is InChI=1S/C20H21FN2O/c21-17-7-2-4-9-20(17)24-13-5-12-23-18-8-3-1-6-15(18)16-10-11-22-14-19(16)23/h1-4,6-9,22H,5,10-14H2. The summed E-state index contributed by atoms with van der Waals surface area (Å²) in [6.07, 6.45) is 1.92. The van der Waals surface area contributed by atoms with E-state index in [1.165, 1.54) is 28.2 Å². The lowest BCUT2D eigenvalue weighted by Gasteiger charge is -2.17. The maximum absolute atomic E-state index is 13.6. The van der Waals surface area contributed by atoms with Crippen LogP contribution >= 0.6 is 0 Å². The van der Waals surface area contributed by atoms with Crippen molar-refractivity contribution in [2.75, 3.05) is 13.2 Å². The first-order valence-corrected chi connectivity index (χ1v) is 8.51. The van der Waals surface area contributed by atoms with E-state index >= 15 is 0 Å². The van der Waals surface area contributed by atoms with Gasteiger partial charge in [0.05, 0.1) is 6.61 Å². The van der Waals surface area contributed by atoms with E-state index in [0.29, 0.717) is 12.4 Å². The van der Waals surface area contributed by atoms with Crippen molar-refractivity contribution in [1.82, 2.24) is 9.88 Å². The van der Waals surface area contributed by atoms with Crippen LogP contribution in [0.25, 0.3) is 10.9 Å². The van der Waals surface area contributed by atoms with Crippen molar-refractivity contribution in [2.45, 2.75) is 25.9 Å². The molecule has 0 amide bonds. The minimum Gasteiger partial charge on any atom is -0.490 e. The number of para-hydroxylation sites is 2. The predicted molar refractivity (Wildman–Crippen MR) is 93.9 cm³/mol. The quantitative estimate of drug-likeness (QED) is 0.721. The molecule has 1 aliphatic rings. The number of ether oxygens (including phenoxy) is 1. The minimum atomic E-state index is -0.300. The molecule has 24 heavy (non-hydrogen) atoms. The fraction of sp³-hybridized carbons (Fsp3) is 0.300. The molecule has 0 saturated heterocycles. The van der Waals surface area contributed by atoms with Crippen LogP contribution in [0.5, 0.6) is 5.75 Å². The molecule has 3 aromatic rings. The molecule has 2 aromatic carbocycles. The Hall–Kier alpha value is -2.33. The summed E-state index contributed by atoms with van der Waals surface area (Å²) in [5.41, 5.74) is 4.14. The van der Waals surface area contributed by atoms with Crippen LogP contribution in [0.15, 0.2) is 48.5 Å². The summed E-state index contributed by atoms with van der Waals surface area (Å²) in [6.45, 7) is 3.34. The van der Waals surface area contributed by atoms with Crippen LogP contribution in [0.2, 0.25) is 0 Å². The minimum absolute atomic E-state index is 0.300. The summed E-state index contributed by atoms with van der Waals surface area (Å²) in [4.78, 5) is 0. The van der Waals surface area contributed by atoms with Gasteiger partial charge in [-0.15, -0.1) is 0 Å². The maximum Gasteiger partial charge on any atom is 0.165 e. The Morgan fingerprint density at radius 1 is 1.08 bits per heavy atom. The lowest BCUT2D eigenvalue weighted by molar-refractivity contribution is 0.287. The van der Waals surface area contributed by atoms with Crippen LogP contribution in [0.1, 0.15) is 17.7 Å². The van der Waals surface area contributed by atoms with Gasteiger partial charge in [0.1, 0.15) is 0 Å². The molecule has 0 radical (unpaired) electrons. The van der Waals surface area contributed by atoms with Crippen LogP contribution in [0.4, 0.5) is 4.39 Å². The van der Waals surface area contributed by atoms with Gasteiger partial charge in [0.15, 0.2) is 11.6 Å². The van der Waals surface area contributed by atoms with E-state index in [1.807, 2.05) is 0 Å². The van der Waals surface area contributed by atoms with Gasteiger partial charge in [0, 0.05) is 29.7 Å². The highest BCUT2D eigenvalue weighted by Gasteiger charge is 2.18. The van der Waals surface area contributed by atoms with E-state index in [4.69, 9.17) is 4.74 Å². The fourth-order valence-electron chi connectivity index (χ4n) is 3.55. The third kappa shape index (κ3) is 2.78. The van der Waals surface area contributed by atoms with Crippen LogP contribution < -0.4 is 10.1 Å². The Bertz CT molecular complexity index is 856. The molecule has 4 heteroatoms. The monoisotopic (exact) mass is 324 g/mol. The number of nitrogens with zero attached hydrogens (tertiary/aromatic N) is 1. The molecule has 1 N–H and O–H groups in total. The van der Waals surface area contributed by atoms with Gasteiger partial charge in [-0.1, -0.05) is 30.3 Å². The van der Waals surface area contributed by atoms with Crippen molar-refractivity contribution in [2.24, 2.45) is 0 Å². The lowest BCUT2D eigenvalue weighted by atomic mass is 10.1. The number of aryl methyl sites for hydroxylation is 1. The number of benzene rings is 2. The van der Waals surface area contributed by atoms with Crippen LogP contribution in [0.3, 0.4) is 0 Å². The molecule has 0 atom stereocenters. The van der Waals surface area contributed by atoms with Gasteiger partial charge < -0.3 is 14.6 Å². The van der Waals surface area contributed by atoms with E-state index in [2.05, 4.69) is 34.1 Å². The molecular weight excluding hydrogens is 303 g/mol. The molecule has 2 heterocycles. The summed E-state index contributed by atoms with van der Waals surface area (Å²) in [6, 6.07) is 15.2. The topological polar surface area (TPSA) is 26.2 Å². The van der Waals surface area contributed by atoms with E-state index in [0.717, 1.165) is 32.5 Å². The molecule has 0 aliphatic carbocycles. The van der Waals surface area contributed by atoms with Crippen LogP contribution in [-0.4, -0.2) is 17.7 Å². The Balaban J connectivity index is 1.50. The average Bonchev–Trinajstić information content (AvgIpc) is 2.94. The van der Waals surface area contributed by atoms with Gasteiger partial charge in [0.25, 0.3) is 0 Å². The number of halogens is 1. The highest BCUT2D eigenvalue weighted by molar-refractivity contribution is 5.85. The molecular formula is C20H21FN2O. The highest BCUT2D eigenvalue weighted by Crippen LogP contribution is 2.28. The normalized spacial score (nSPS) is 13.9. The zero-order valence-electron chi connectivity index (χ0n) is 13.6. The van der Waals surface area contributed by atoms with Gasteiger partial charge >= 0.3 is 0 Å². The number of hydrogen-bond donors (Lipinski definition) is 1. The molecule has 1 aliphatic heterocycles. The van der Waals surface area contributed by atoms with Gasteiger partial charge in [-0.3, -0.25) is 0 Å². The summed E-state index contributed by atoms with van der Waals surface area (Å²) in [5.74, 6) is 0.0315. The second-order valence-corrected chi connectivity index (χ2v) is 6.15. The molecule has 1 aromatic heterocycles. The van der Waals surface area contributed by atoms with Crippen molar-refractivity contribution in [3.8, 4) is 5.75 Å². The Morgan fingerprint density at radius 3 is 2.83 bits per heavy atom. The summed E-state index contributed by atoms with van der Waals surface area (Å²) in [7, 11) is 0. The molecule has 0 spiro atoms. The summed E-state index contributed by atoms with van der Waals surface area (Å²) < 4.78 is 21.6. The van der Waals surface area contributed by atoms with Crippen molar-refractivity contribution in [3.63, 3.8) is 0 Å². The fourth-order valence-corrected chi connectivity index (χ4v) is 3.55. The van der Waals surface area contributed by atoms with E-state index in [-0.39, 0.29) is 5.82 Å². The molecule has 124 valence electrons. The number of nitrogens with one attached hydrogen (secondary N) is 1. The van der Waals surface area contributed by atoms with Gasteiger partial charge in [-0.2, -0.15) is 0 Å². The van der Waals surface area contributed by atoms with Crippen molar-refractivity contribution in [1.29, 1.82) is 0 Å². The Labute approximate surface area is 141 Å². The Kier molecular flexibility index (Phi) is 4.22. The van der Waals surface area contributed by atoms with Crippen molar-refractivity contribution >= 4 is 10.9 Å². The van der Waals surface area contributed by atoms with Gasteiger partial charge in [-0.05, 0) is 43.1 Å². The second kappa shape index (κ2) is 6.65. The molecule has 0 unspecified atom stereocenters. The molecule has 3 nitrogen and oxygen atoms in total. The smallest absolute Gasteiger partial charge is 0.165 e. The first-order valence-electron chi connectivity index (χ1n) is 8.51. The molecule has 0 bridgehead atoms. The van der Waals surface area contributed by atoms with E-state index < -0.39 is 0 Å². The highest BCUT2D eigenvalue weighted by atomic mass is 19.1. The predicted octanol–water partition coefficient (Wildman–Crippen LogP) is 3.90. The van der Waals surface area contributed by atoms with E-state index in [1.54, 1.807) is 18.2 Å². The Morgan fingerprint density at radius 2 is 1.92 bits per heavy atom. The van der Waals surface area contributed by atoms with Gasteiger partial charge in [-0.25, -0.2) is 4.39 Å². The molecule has 4 rings (SSSR count). The lowest BCUT2D eigenvalue weighted by Crippen LogP contribution is -2.25. The SMILES string of the molecule is Fc1ccccc1OCCCn1c2c(c3ccccc31)CCNC2. The van der Waals surface area contributed by atoms with Gasteiger partial charge in [0.2, 0.25) is 0 Å². The third-order valence-corrected chi connectivity index (χ3v) is 4.66. The van der Waals surface area contributed by atoms with Crippen LogP contribution in [0, 0.1) is 5.82 Å². The molecule has 0 saturated carbocycles. The van der Waals surface area contributed by atoms with Crippen molar-refractivity contribution in [3.05, 3.63) is 65.6 Å². The largest absolute Gasteiger partial charge is 0.490 e. The first-order chi connectivity index (χ1) is 11.8. The second-order valence-electron chi connectivity index (χ2n) is 6.15. The van der Waals surface area contributed by atoms with E-state index in [9.17, 15) is 4.39 Å². The summed E-state index contributed by atoms with van der Waals surface area (Å²) in [5, 5.41) is 4.83. The van der Waals surface area contributed by atoms with Crippen molar-refractivity contribution < 1.29 is 9.13 Å².